The van der Waals surface area contributed by atoms with Crippen LogP contribution in [-0.2, 0) is 27.5 Å². The van der Waals surface area contributed by atoms with Crippen LogP contribution in [0.3, 0.4) is 0 Å². The van der Waals surface area contributed by atoms with E-state index >= 15 is 0 Å². The second-order valence-electron chi connectivity index (χ2n) is 11.1. The molecule has 0 saturated carbocycles. The largest absolute Gasteiger partial charge is 0.326 e. The molecule has 0 bridgehead atoms. The Kier molecular flexibility index (Phi) is 5.03. The molecule has 1 fully saturated rings. The lowest BCUT2D eigenvalue weighted by Crippen LogP contribution is -2.34. The third kappa shape index (κ3) is 3.88. The zero-order chi connectivity index (χ0) is 22.6. The summed E-state index contributed by atoms with van der Waals surface area (Å²) in [6.45, 7) is 14.0. The molecular weight excluding hydrogens is 384 g/mol. The van der Waals surface area contributed by atoms with Gasteiger partial charge in [-0.25, -0.2) is 4.79 Å². The molecule has 3 amide bonds. The van der Waals surface area contributed by atoms with Gasteiger partial charge < -0.3 is 5.32 Å². The smallest absolute Gasteiger partial charge is 0.322 e. The molecule has 4 nitrogen and oxygen atoms in total. The van der Waals surface area contributed by atoms with Gasteiger partial charge in [-0.15, -0.1) is 0 Å². The summed E-state index contributed by atoms with van der Waals surface area (Å²) in [4.78, 5) is 23.2. The van der Waals surface area contributed by atoms with E-state index in [0.717, 1.165) is 5.56 Å². The molecule has 1 aliphatic carbocycles. The maximum absolute atomic E-state index is 11.8. The summed E-state index contributed by atoms with van der Waals surface area (Å²) >= 11 is 0. The van der Waals surface area contributed by atoms with Crippen LogP contribution in [-0.4, -0.2) is 18.0 Å². The van der Waals surface area contributed by atoms with Crippen molar-refractivity contribution in [1.29, 1.82) is 0 Å². The quantitative estimate of drug-likeness (QED) is 0.678. The fraction of sp³-hybridized carbons (Fsp3) is 0.481. The van der Waals surface area contributed by atoms with Crippen molar-refractivity contribution in [3.05, 3.63) is 70.3 Å². The number of amides is 3. The Hall–Kier alpha value is -2.62. The van der Waals surface area contributed by atoms with Crippen molar-refractivity contribution in [3.63, 3.8) is 0 Å². The monoisotopic (exact) mass is 418 g/mol. The van der Waals surface area contributed by atoms with Gasteiger partial charge in [0.2, 0.25) is 0 Å². The highest BCUT2D eigenvalue weighted by Gasteiger charge is 2.38. The van der Waals surface area contributed by atoms with Crippen LogP contribution in [0.15, 0.2) is 42.5 Å². The van der Waals surface area contributed by atoms with Gasteiger partial charge in [0.1, 0.15) is 6.04 Å². The fourth-order valence-electron chi connectivity index (χ4n) is 5.04. The number of nitrogens with one attached hydrogen (secondary N) is 2. The molecule has 31 heavy (non-hydrogen) atoms. The molecule has 2 aromatic rings. The molecule has 164 valence electrons. The van der Waals surface area contributed by atoms with Gasteiger partial charge in [-0.2, -0.15) is 0 Å². The minimum atomic E-state index is -0.488. The number of rotatable bonds is 4. The lowest BCUT2D eigenvalue weighted by molar-refractivity contribution is -0.120. The Morgan fingerprint density at radius 1 is 0.871 bits per heavy atom. The topological polar surface area (TPSA) is 58.2 Å². The molecule has 1 aliphatic heterocycles. The summed E-state index contributed by atoms with van der Waals surface area (Å²) in [5, 5.41) is 4.96. The first-order chi connectivity index (χ1) is 14.4. The number of carbonyl (C=O) groups is 2. The normalized spacial score (nSPS) is 21.9. The highest BCUT2D eigenvalue weighted by atomic mass is 16.2. The summed E-state index contributed by atoms with van der Waals surface area (Å²) in [5.74, 6) is -0.256. The number of hydrogen-bond donors (Lipinski definition) is 2. The van der Waals surface area contributed by atoms with Gasteiger partial charge in [0.05, 0.1) is 0 Å². The van der Waals surface area contributed by atoms with E-state index in [2.05, 4.69) is 94.6 Å². The first kappa shape index (κ1) is 21.6. The minimum Gasteiger partial charge on any atom is -0.326 e. The van der Waals surface area contributed by atoms with Gasteiger partial charge in [-0.3, -0.25) is 10.1 Å². The zero-order valence-corrected chi connectivity index (χ0v) is 19.6. The van der Waals surface area contributed by atoms with Crippen LogP contribution in [0.1, 0.15) is 82.2 Å². The lowest BCUT2D eigenvalue weighted by atomic mass is 9.62. The van der Waals surface area contributed by atoms with E-state index in [4.69, 9.17) is 0 Å². The standard InChI is InChI=1S/C27H34N2O2/c1-25(2)13-14-26(3,4)21-16-19(11-12-20(21)25)27(5,6)18-9-7-17(8-10-18)15-22-23(30)29-24(31)28-22/h7-12,16,22H,13-15H2,1-6H3,(H2,28,29,30,31). The Labute approximate surface area is 185 Å². The molecule has 2 aromatic carbocycles. The van der Waals surface area contributed by atoms with Crippen molar-refractivity contribution in [3.8, 4) is 0 Å². The number of benzene rings is 2. The summed E-state index contributed by atoms with van der Waals surface area (Å²) in [6, 6.07) is 14.6. The summed E-state index contributed by atoms with van der Waals surface area (Å²) in [5.41, 5.74) is 6.84. The van der Waals surface area contributed by atoms with Crippen molar-refractivity contribution in [2.24, 2.45) is 0 Å². The Bertz CT molecular complexity index is 1030. The second-order valence-corrected chi connectivity index (χ2v) is 11.1. The Morgan fingerprint density at radius 2 is 1.45 bits per heavy atom. The SMILES string of the molecule is CC1(C)CCC(C)(C)c2cc(C(C)(C)c3ccc(CC4NC(=O)NC4=O)cc3)ccc21. The van der Waals surface area contributed by atoms with Crippen molar-refractivity contribution in [2.45, 2.75) is 83.1 Å². The van der Waals surface area contributed by atoms with E-state index in [1.165, 1.54) is 35.1 Å². The molecular formula is C27H34N2O2. The number of carbonyl (C=O) groups excluding carboxylic acids is 2. The van der Waals surface area contributed by atoms with Crippen LogP contribution in [0.4, 0.5) is 4.79 Å². The molecule has 4 rings (SSSR count). The highest BCUT2D eigenvalue weighted by molar-refractivity contribution is 6.04. The van der Waals surface area contributed by atoms with Gasteiger partial charge in [-0.05, 0) is 51.5 Å². The molecule has 1 unspecified atom stereocenters. The van der Waals surface area contributed by atoms with E-state index in [0.29, 0.717) is 6.42 Å². The predicted octanol–water partition coefficient (Wildman–Crippen LogP) is 5.11. The third-order valence-electron chi connectivity index (χ3n) is 7.55. The lowest BCUT2D eigenvalue weighted by Gasteiger charge is -2.43. The molecule has 0 radical (unpaired) electrons. The minimum absolute atomic E-state index is 0.135. The van der Waals surface area contributed by atoms with Gasteiger partial charge in [-0.1, -0.05) is 84.0 Å². The van der Waals surface area contributed by atoms with Gasteiger partial charge >= 0.3 is 6.03 Å². The Morgan fingerprint density at radius 3 is 2.03 bits per heavy atom. The van der Waals surface area contributed by atoms with Gasteiger partial charge in [0.25, 0.3) is 5.91 Å². The molecule has 2 N–H and O–H groups in total. The molecule has 1 heterocycles. The molecule has 0 spiro atoms. The van der Waals surface area contributed by atoms with Crippen LogP contribution < -0.4 is 10.6 Å². The van der Waals surface area contributed by atoms with E-state index in [1.807, 2.05) is 0 Å². The third-order valence-corrected chi connectivity index (χ3v) is 7.55. The van der Waals surface area contributed by atoms with E-state index in [1.54, 1.807) is 0 Å². The molecule has 1 atom stereocenters. The Balaban J connectivity index is 1.61. The van der Waals surface area contributed by atoms with Crippen molar-refractivity contribution >= 4 is 11.9 Å². The van der Waals surface area contributed by atoms with Gasteiger partial charge in [0.15, 0.2) is 0 Å². The molecule has 2 aliphatic rings. The number of fused-ring (bicyclic) bond motifs is 1. The summed E-state index contributed by atoms with van der Waals surface area (Å²) < 4.78 is 0. The van der Waals surface area contributed by atoms with E-state index in [9.17, 15) is 9.59 Å². The van der Waals surface area contributed by atoms with E-state index < -0.39 is 12.1 Å². The zero-order valence-electron chi connectivity index (χ0n) is 19.6. The number of imide groups is 1. The van der Waals surface area contributed by atoms with E-state index in [-0.39, 0.29) is 22.2 Å². The van der Waals surface area contributed by atoms with Crippen molar-refractivity contribution in [1.82, 2.24) is 10.6 Å². The number of urea groups is 1. The molecule has 0 aromatic heterocycles. The average Bonchev–Trinajstić information content (AvgIpc) is 3.02. The fourth-order valence-corrected chi connectivity index (χ4v) is 5.04. The molecule has 1 saturated heterocycles. The van der Waals surface area contributed by atoms with Crippen molar-refractivity contribution in [2.75, 3.05) is 0 Å². The van der Waals surface area contributed by atoms with Crippen LogP contribution in [0.25, 0.3) is 0 Å². The van der Waals surface area contributed by atoms with Crippen LogP contribution in [0.2, 0.25) is 0 Å². The second kappa shape index (κ2) is 7.22. The van der Waals surface area contributed by atoms with Crippen LogP contribution in [0, 0.1) is 0 Å². The summed E-state index contributed by atoms with van der Waals surface area (Å²) in [6.07, 6.45) is 2.92. The highest BCUT2D eigenvalue weighted by Crippen LogP contribution is 2.47. The molecule has 4 heteroatoms. The van der Waals surface area contributed by atoms with Crippen LogP contribution in [0.5, 0.6) is 0 Å². The first-order valence-electron chi connectivity index (χ1n) is 11.3. The maximum Gasteiger partial charge on any atom is 0.322 e. The predicted molar refractivity (Wildman–Crippen MR) is 124 cm³/mol. The first-order valence-corrected chi connectivity index (χ1v) is 11.3. The number of hydrogen-bond acceptors (Lipinski definition) is 2. The van der Waals surface area contributed by atoms with Gasteiger partial charge in [0, 0.05) is 11.8 Å². The maximum atomic E-state index is 11.8. The van der Waals surface area contributed by atoms with Crippen molar-refractivity contribution < 1.29 is 9.59 Å². The average molecular weight is 419 g/mol. The van der Waals surface area contributed by atoms with Crippen LogP contribution >= 0.6 is 0 Å². The summed E-state index contributed by atoms with van der Waals surface area (Å²) in [7, 11) is 0.